The van der Waals surface area contributed by atoms with Gasteiger partial charge in [-0.15, -0.1) is 0 Å². The highest BCUT2D eigenvalue weighted by Crippen LogP contribution is 2.15. The summed E-state index contributed by atoms with van der Waals surface area (Å²) in [4.78, 5) is 1.02. The predicted molar refractivity (Wildman–Crippen MR) is 46.1 cm³/mol. The Morgan fingerprint density at radius 1 is 1.43 bits per heavy atom. The summed E-state index contributed by atoms with van der Waals surface area (Å²) in [6.07, 6.45) is -5.10. The Morgan fingerprint density at radius 2 is 2.00 bits per heavy atom. The van der Waals surface area contributed by atoms with E-state index < -0.39 is 18.8 Å². The van der Waals surface area contributed by atoms with Crippen LogP contribution in [0.15, 0.2) is 0 Å². The van der Waals surface area contributed by atoms with Gasteiger partial charge in [-0.2, -0.15) is 13.2 Å². The summed E-state index contributed by atoms with van der Waals surface area (Å²) in [7, 11) is 1.31. The maximum atomic E-state index is 11.9. The van der Waals surface area contributed by atoms with Crippen molar-refractivity contribution in [2.45, 2.75) is 19.2 Å². The fraction of sp³-hybridized carbons (Fsp3) is 1.00. The highest BCUT2D eigenvalue weighted by atomic mass is 19.4. The van der Waals surface area contributed by atoms with E-state index in [1.807, 2.05) is 0 Å². The minimum absolute atomic E-state index is 0.0422. The first-order valence-corrected chi connectivity index (χ1v) is 4.36. The molecule has 1 unspecified atom stereocenters. The zero-order valence-electron chi connectivity index (χ0n) is 8.34. The quantitative estimate of drug-likeness (QED) is 0.714. The number of hydrogen-bond donors (Lipinski definition) is 1. The SMILES string of the molecule is CCOCC(O)CN(C)CC(F)(F)F. The summed E-state index contributed by atoms with van der Waals surface area (Å²) in [5.74, 6) is 0. The third-order valence-corrected chi connectivity index (χ3v) is 1.49. The molecule has 0 heterocycles. The van der Waals surface area contributed by atoms with Gasteiger partial charge < -0.3 is 9.84 Å². The van der Waals surface area contributed by atoms with Crippen LogP contribution in [-0.2, 0) is 4.74 Å². The third kappa shape index (κ3) is 8.28. The van der Waals surface area contributed by atoms with Crippen molar-refractivity contribution >= 4 is 0 Å². The number of nitrogens with zero attached hydrogens (tertiary/aromatic N) is 1. The van der Waals surface area contributed by atoms with E-state index in [-0.39, 0.29) is 13.2 Å². The van der Waals surface area contributed by atoms with Crippen LogP contribution >= 0.6 is 0 Å². The maximum Gasteiger partial charge on any atom is 0.401 e. The number of ether oxygens (including phenoxy) is 1. The Bertz CT molecular complexity index is 152. The Kier molecular flexibility index (Phi) is 6.06. The van der Waals surface area contributed by atoms with Gasteiger partial charge in [-0.05, 0) is 14.0 Å². The van der Waals surface area contributed by atoms with Crippen molar-refractivity contribution in [3.63, 3.8) is 0 Å². The Balaban J connectivity index is 3.65. The van der Waals surface area contributed by atoms with Crippen molar-refractivity contribution in [3.8, 4) is 0 Å². The first kappa shape index (κ1) is 13.7. The first-order chi connectivity index (χ1) is 6.35. The lowest BCUT2D eigenvalue weighted by atomic mass is 10.3. The minimum Gasteiger partial charge on any atom is -0.389 e. The second kappa shape index (κ2) is 6.21. The van der Waals surface area contributed by atoms with E-state index in [9.17, 15) is 18.3 Å². The number of aliphatic hydroxyl groups excluding tert-OH is 1. The van der Waals surface area contributed by atoms with E-state index in [0.29, 0.717) is 6.61 Å². The number of alkyl halides is 3. The number of likely N-dealkylation sites (N-methyl/N-ethyl adjacent to an activating group) is 1. The van der Waals surface area contributed by atoms with Gasteiger partial charge >= 0.3 is 6.18 Å². The molecule has 1 N–H and O–H groups in total. The standard InChI is InChI=1S/C8H16F3NO2/c1-3-14-5-7(13)4-12(2)6-8(9,10)11/h7,13H,3-6H2,1-2H3. The Morgan fingerprint density at radius 3 is 2.43 bits per heavy atom. The number of aliphatic hydroxyl groups is 1. The van der Waals surface area contributed by atoms with Crippen LogP contribution in [-0.4, -0.2) is 55.6 Å². The average molecular weight is 215 g/mol. The number of rotatable bonds is 6. The van der Waals surface area contributed by atoms with Crippen LogP contribution in [0, 0.1) is 0 Å². The molecule has 0 bridgehead atoms. The molecular weight excluding hydrogens is 199 g/mol. The fourth-order valence-electron chi connectivity index (χ4n) is 1.04. The van der Waals surface area contributed by atoms with Crippen molar-refractivity contribution in [2.75, 3.05) is 33.4 Å². The highest BCUT2D eigenvalue weighted by molar-refractivity contribution is 4.64. The van der Waals surface area contributed by atoms with Crippen LogP contribution in [0.2, 0.25) is 0 Å². The van der Waals surface area contributed by atoms with E-state index in [1.165, 1.54) is 7.05 Å². The van der Waals surface area contributed by atoms with Gasteiger partial charge in [0, 0.05) is 13.2 Å². The molecule has 3 nitrogen and oxygen atoms in total. The molecule has 0 aliphatic carbocycles. The van der Waals surface area contributed by atoms with Crippen LogP contribution in [0.5, 0.6) is 0 Å². The Hall–Kier alpha value is -0.330. The molecule has 0 aliphatic rings. The van der Waals surface area contributed by atoms with Crippen molar-refractivity contribution in [3.05, 3.63) is 0 Å². The average Bonchev–Trinajstić information content (AvgIpc) is 1.96. The molecule has 0 spiro atoms. The molecule has 0 aromatic rings. The molecule has 0 aliphatic heterocycles. The van der Waals surface area contributed by atoms with Crippen LogP contribution in [0.3, 0.4) is 0 Å². The van der Waals surface area contributed by atoms with Gasteiger partial charge in [-0.1, -0.05) is 0 Å². The molecule has 14 heavy (non-hydrogen) atoms. The molecule has 0 radical (unpaired) electrons. The van der Waals surface area contributed by atoms with Gasteiger partial charge in [-0.25, -0.2) is 0 Å². The fourth-order valence-corrected chi connectivity index (χ4v) is 1.04. The zero-order valence-corrected chi connectivity index (χ0v) is 8.34. The van der Waals surface area contributed by atoms with Gasteiger partial charge in [0.25, 0.3) is 0 Å². The summed E-state index contributed by atoms with van der Waals surface area (Å²) in [6.45, 7) is 1.21. The van der Waals surface area contributed by atoms with Crippen LogP contribution in [0.1, 0.15) is 6.92 Å². The van der Waals surface area contributed by atoms with Crippen LogP contribution in [0.4, 0.5) is 13.2 Å². The van der Waals surface area contributed by atoms with Gasteiger partial charge in [0.1, 0.15) is 0 Å². The largest absolute Gasteiger partial charge is 0.401 e. The van der Waals surface area contributed by atoms with Gasteiger partial charge in [-0.3, -0.25) is 4.90 Å². The number of halogens is 3. The molecule has 0 saturated carbocycles. The van der Waals surface area contributed by atoms with E-state index in [0.717, 1.165) is 4.90 Å². The third-order valence-electron chi connectivity index (χ3n) is 1.49. The van der Waals surface area contributed by atoms with Crippen molar-refractivity contribution < 1.29 is 23.0 Å². The van der Waals surface area contributed by atoms with Gasteiger partial charge in [0.15, 0.2) is 0 Å². The lowest BCUT2D eigenvalue weighted by Gasteiger charge is -2.21. The molecule has 0 amide bonds. The highest BCUT2D eigenvalue weighted by Gasteiger charge is 2.29. The van der Waals surface area contributed by atoms with Gasteiger partial charge in [0.2, 0.25) is 0 Å². The van der Waals surface area contributed by atoms with E-state index >= 15 is 0 Å². The van der Waals surface area contributed by atoms with E-state index in [2.05, 4.69) is 0 Å². The van der Waals surface area contributed by atoms with E-state index in [1.54, 1.807) is 6.92 Å². The first-order valence-electron chi connectivity index (χ1n) is 4.36. The minimum atomic E-state index is -4.22. The summed E-state index contributed by atoms with van der Waals surface area (Å²) in [5, 5.41) is 9.21. The zero-order chi connectivity index (χ0) is 11.2. The Labute approximate surface area is 81.5 Å². The maximum absolute atomic E-state index is 11.9. The van der Waals surface area contributed by atoms with Crippen molar-refractivity contribution in [1.82, 2.24) is 4.90 Å². The molecular formula is C8H16F3NO2. The van der Waals surface area contributed by atoms with Gasteiger partial charge in [0.05, 0.1) is 19.3 Å². The lowest BCUT2D eigenvalue weighted by molar-refractivity contribution is -0.146. The predicted octanol–water partition coefficient (Wildman–Crippen LogP) is 0.878. The molecule has 86 valence electrons. The topological polar surface area (TPSA) is 32.7 Å². The summed E-state index contributed by atoms with van der Waals surface area (Å²) in [6, 6.07) is 0. The molecule has 0 aromatic carbocycles. The molecule has 0 fully saturated rings. The molecule has 6 heteroatoms. The molecule has 1 atom stereocenters. The second-order valence-electron chi connectivity index (χ2n) is 3.13. The molecule has 0 saturated heterocycles. The normalized spacial score (nSPS) is 14.8. The van der Waals surface area contributed by atoms with Crippen LogP contribution < -0.4 is 0 Å². The summed E-state index contributed by atoms with van der Waals surface area (Å²) in [5.41, 5.74) is 0. The summed E-state index contributed by atoms with van der Waals surface area (Å²) >= 11 is 0. The molecule has 0 rings (SSSR count). The van der Waals surface area contributed by atoms with Crippen LogP contribution in [0.25, 0.3) is 0 Å². The smallest absolute Gasteiger partial charge is 0.389 e. The molecule has 0 aromatic heterocycles. The van der Waals surface area contributed by atoms with Crippen molar-refractivity contribution in [2.24, 2.45) is 0 Å². The van der Waals surface area contributed by atoms with Crippen molar-refractivity contribution in [1.29, 1.82) is 0 Å². The number of hydrogen-bond acceptors (Lipinski definition) is 3. The van der Waals surface area contributed by atoms with E-state index in [4.69, 9.17) is 4.74 Å². The lowest BCUT2D eigenvalue weighted by Crippen LogP contribution is -2.38. The second-order valence-corrected chi connectivity index (χ2v) is 3.13. The monoisotopic (exact) mass is 215 g/mol. The summed E-state index contributed by atoms with van der Waals surface area (Å²) < 4.78 is 40.4.